The molecule has 2 aromatic heterocycles. The second-order valence-corrected chi connectivity index (χ2v) is 5.94. The van der Waals surface area contributed by atoms with E-state index in [4.69, 9.17) is 16.6 Å². The van der Waals surface area contributed by atoms with Crippen LogP contribution in [0.2, 0.25) is 0 Å². The van der Waals surface area contributed by atoms with Crippen LogP contribution < -0.4 is 11.5 Å². The lowest BCUT2D eigenvalue weighted by molar-refractivity contribution is 0.193. The fourth-order valence-electron chi connectivity index (χ4n) is 3.06. The van der Waals surface area contributed by atoms with Gasteiger partial charge in [-0.1, -0.05) is 0 Å². The predicted octanol–water partition coefficient (Wildman–Crippen LogP) is 1.80. The largest absolute Gasteiger partial charge is 0.384 e. The highest BCUT2D eigenvalue weighted by atomic mass is 15.3. The summed E-state index contributed by atoms with van der Waals surface area (Å²) in [5.41, 5.74) is 13.7. The molecule has 2 aromatic rings. The van der Waals surface area contributed by atoms with Crippen molar-refractivity contribution in [1.29, 1.82) is 0 Å². The zero-order valence-corrected chi connectivity index (χ0v) is 10.9. The molecule has 4 rings (SSSR count). The number of nitrogens with zero attached hydrogens (tertiary/aromatic N) is 3. The second kappa shape index (κ2) is 3.93. The molecule has 5 nitrogen and oxygen atoms in total. The highest BCUT2D eigenvalue weighted by Crippen LogP contribution is 2.45. The van der Waals surface area contributed by atoms with E-state index < -0.39 is 0 Å². The number of rotatable bonds is 3. The van der Waals surface area contributed by atoms with Gasteiger partial charge >= 0.3 is 0 Å². The van der Waals surface area contributed by atoms with Crippen molar-refractivity contribution in [1.82, 2.24) is 14.8 Å². The standard InChI is InChI=1S/C14H19N5/c15-7-8-5-10(6-8)19-14-11(3-4-12(16)17-14)13(18-19)9-1-2-9/h3-4,8-10H,1-2,5-7,15H2,(H2,16,17). The Kier molecular flexibility index (Phi) is 2.33. The first kappa shape index (κ1) is 11.2. The van der Waals surface area contributed by atoms with Gasteiger partial charge in [0.15, 0.2) is 5.65 Å². The van der Waals surface area contributed by atoms with Gasteiger partial charge < -0.3 is 11.5 Å². The lowest BCUT2D eigenvalue weighted by Gasteiger charge is -2.34. The average molecular weight is 257 g/mol. The molecule has 2 fully saturated rings. The zero-order chi connectivity index (χ0) is 13.0. The summed E-state index contributed by atoms with van der Waals surface area (Å²) >= 11 is 0. The molecule has 0 atom stereocenters. The smallest absolute Gasteiger partial charge is 0.160 e. The van der Waals surface area contributed by atoms with Crippen LogP contribution >= 0.6 is 0 Å². The highest BCUT2D eigenvalue weighted by molar-refractivity contribution is 5.81. The van der Waals surface area contributed by atoms with E-state index in [1.54, 1.807) is 0 Å². The number of nitrogen functional groups attached to an aromatic ring is 1. The average Bonchev–Trinajstić information content (AvgIpc) is 3.12. The Hall–Kier alpha value is -1.62. The molecule has 4 N–H and O–H groups in total. The van der Waals surface area contributed by atoms with Crippen molar-refractivity contribution < 1.29 is 0 Å². The van der Waals surface area contributed by atoms with E-state index in [0.29, 0.717) is 23.7 Å². The predicted molar refractivity (Wildman–Crippen MR) is 74.7 cm³/mol. The fourth-order valence-corrected chi connectivity index (χ4v) is 3.06. The third-order valence-corrected chi connectivity index (χ3v) is 4.46. The van der Waals surface area contributed by atoms with Crippen LogP contribution in [-0.4, -0.2) is 21.3 Å². The molecular formula is C14H19N5. The number of nitrogens with two attached hydrogens (primary N) is 2. The van der Waals surface area contributed by atoms with E-state index in [2.05, 4.69) is 15.7 Å². The second-order valence-electron chi connectivity index (χ2n) is 5.94. The maximum atomic E-state index is 5.83. The summed E-state index contributed by atoms with van der Waals surface area (Å²) in [6, 6.07) is 4.41. The van der Waals surface area contributed by atoms with E-state index in [1.807, 2.05) is 6.07 Å². The maximum Gasteiger partial charge on any atom is 0.160 e. The van der Waals surface area contributed by atoms with Gasteiger partial charge in [0.1, 0.15) is 5.82 Å². The van der Waals surface area contributed by atoms with Crippen molar-refractivity contribution >= 4 is 16.9 Å². The third-order valence-electron chi connectivity index (χ3n) is 4.46. The van der Waals surface area contributed by atoms with Crippen LogP contribution in [0.3, 0.4) is 0 Å². The molecule has 0 amide bonds. The Bertz CT molecular complexity index is 622. The first-order valence-electron chi connectivity index (χ1n) is 7.11. The van der Waals surface area contributed by atoms with Crippen LogP contribution in [0.4, 0.5) is 5.82 Å². The van der Waals surface area contributed by atoms with Gasteiger partial charge in [-0.3, -0.25) is 0 Å². The van der Waals surface area contributed by atoms with Crippen LogP contribution in [0.25, 0.3) is 11.0 Å². The first-order chi connectivity index (χ1) is 9.26. The van der Waals surface area contributed by atoms with Crippen molar-refractivity contribution in [2.75, 3.05) is 12.3 Å². The molecule has 0 radical (unpaired) electrons. The lowest BCUT2D eigenvalue weighted by atomic mass is 9.80. The zero-order valence-electron chi connectivity index (χ0n) is 10.9. The van der Waals surface area contributed by atoms with Crippen LogP contribution in [0.5, 0.6) is 0 Å². The Morgan fingerprint density at radius 1 is 1.26 bits per heavy atom. The molecule has 0 saturated heterocycles. The molecule has 0 aromatic carbocycles. The molecule has 2 saturated carbocycles. The van der Waals surface area contributed by atoms with Gasteiger partial charge in [0.25, 0.3) is 0 Å². The molecule has 0 spiro atoms. The first-order valence-corrected chi connectivity index (χ1v) is 7.11. The molecule has 2 aliphatic carbocycles. The fraction of sp³-hybridized carbons (Fsp3) is 0.571. The molecular weight excluding hydrogens is 238 g/mol. The monoisotopic (exact) mass is 257 g/mol. The summed E-state index contributed by atoms with van der Waals surface area (Å²) in [5, 5.41) is 6.03. The van der Waals surface area contributed by atoms with Crippen molar-refractivity contribution in [2.45, 2.75) is 37.6 Å². The van der Waals surface area contributed by atoms with Crippen molar-refractivity contribution in [3.8, 4) is 0 Å². The SMILES string of the molecule is NCC1CC(n2nc(C3CC3)c3ccc(N)nc32)C1. The van der Waals surface area contributed by atoms with Crippen LogP contribution in [0.1, 0.15) is 43.3 Å². The normalized spacial score (nSPS) is 26.6. The van der Waals surface area contributed by atoms with Gasteiger partial charge in [0.2, 0.25) is 0 Å². The van der Waals surface area contributed by atoms with E-state index in [1.165, 1.54) is 23.9 Å². The summed E-state index contributed by atoms with van der Waals surface area (Å²) in [5.74, 6) is 1.86. The number of pyridine rings is 1. The molecule has 100 valence electrons. The van der Waals surface area contributed by atoms with Crippen LogP contribution in [0, 0.1) is 5.92 Å². The Labute approximate surface area is 112 Å². The number of anilines is 1. The number of aromatic nitrogens is 3. The Balaban J connectivity index is 1.79. The quantitative estimate of drug-likeness (QED) is 0.878. The third kappa shape index (κ3) is 1.72. The summed E-state index contributed by atoms with van der Waals surface area (Å²) in [7, 11) is 0. The van der Waals surface area contributed by atoms with Gasteiger partial charge in [0.05, 0.1) is 11.7 Å². The topological polar surface area (TPSA) is 82.8 Å². The molecule has 2 heterocycles. The minimum absolute atomic E-state index is 0.456. The van der Waals surface area contributed by atoms with Crippen molar-refractivity contribution in [2.24, 2.45) is 11.7 Å². The summed E-state index contributed by atoms with van der Waals surface area (Å²) < 4.78 is 2.10. The minimum atomic E-state index is 0.456. The summed E-state index contributed by atoms with van der Waals surface area (Å²) in [6.07, 6.45) is 4.75. The van der Waals surface area contributed by atoms with Crippen LogP contribution in [-0.2, 0) is 0 Å². The number of hydrogen-bond donors (Lipinski definition) is 2. The van der Waals surface area contributed by atoms with Gasteiger partial charge in [-0.25, -0.2) is 9.67 Å². The van der Waals surface area contributed by atoms with Gasteiger partial charge in [-0.05, 0) is 50.3 Å². The molecule has 0 unspecified atom stereocenters. The Morgan fingerprint density at radius 2 is 2.05 bits per heavy atom. The molecule has 2 aliphatic rings. The van der Waals surface area contributed by atoms with Crippen molar-refractivity contribution in [3.05, 3.63) is 17.8 Å². The lowest BCUT2D eigenvalue weighted by Crippen LogP contribution is -2.32. The summed E-state index contributed by atoms with van der Waals surface area (Å²) in [6.45, 7) is 0.779. The number of fused-ring (bicyclic) bond motifs is 1. The molecule has 0 bridgehead atoms. The van der Waals surface area contributed by atoms with Gasteiger partial charge in [-0.15, -0.1) is 0 Å². The minimum Gasteiger partial charge on any atom is -0.384 e. The van der Waals surface area contributed by atoms with Gasteiger partial charge in [-0.2, -0.15) is 5.10 Å². The highest BCUT2D eigenvalue weighted by Gasteiger charge is 2.35. The van der Waals surface area contributed by atoms with E-state index in [-0.39, 0.29) is 0 Å². The van der Waals surface area contributed by atoms with Crippen molar-refractivity contribution in [3.63, 3.8) is 0 Å². The molecule has 5 heteroatoms. The number of hydrogen-bond acceptors (Lipinski definition) is 4. The molecule has 19 heavy (non-hydrogen) atoms. The van der Waals surface area contributed by atoms with Gasteiger partial charge in [0, 0.05) is 11.3 Å². The van der Waals surface area contributed by atoms with E-state index >= 15 is 0 Å². The Morgan fingerprint density at radius 3 is 2.74 bits per heavy atom. The van der Waals surface area contributed by atoms with Crippen LogP contribution in [0.15, 0.2) is 12.1 Å². The van der Waals surface area contributed by atoms with E-state index in [0.717, 1.165) is 25.0 Å². The molecule has 0 aliphatic heterocycles. The van der Waals surface area contributed by atoms with E-state index in [9.17, 15) is 0 Å². The maximum absolute atomic E-state index is 5.83. The summed E-state index contributed by atoms with van der Waals surface area (Å²) in [4.78, 5) is 4.51.